The second kappa shape index (κ2) is 6.16. The number of ether oxygens (including phenoxy) is 2. The first-order chi connectivity index (χ1) is 8.70. The SMILES string of the molecule is COCCOC1CN(c2cc(C(C)C)ccn2)C1. The molecule has 0 amide bonds. The number of rotatable bonds is 6. The lowest BCUT2D eigenvalue weighted by Crippen LogP contribution is -2.53. The van der Waals surface area contributed by atoms with E-state index in [2.05, 4.69) is 35.9 Å². The number of aromatic nitrogens is 1. The molecule has 1 fully saturated rings. The highest BCUT2D eigenvalue weighted by Crippen LogP contribution is 2.23. The van der Waals surface area contributed by atoms with Crippen molar-refractivity contribution < 1.29 is 9.47 Å². The first-order valence-corrected chi connectivity index (χ1v) is 6.52. The summed E-state index contributed by atoms with van der Waals surface area (Å²) in [5.41, 5.74) is 1.34. The third kappa shape index (κ3) is 3.21. The molecule has 4 heteroatoms. The molecule has 4 nitrogen and oxygen atoms in total. The predicted molar refractivity (Wildman–Crippen MR) is 72.2 cm³/mol. The molecule has 0 atom stereocenters. The highest BCUT2D eigenvalue weighted by atomic mass is 16.5. The van der Waals surface area contributed by atoms with E-state index in [0.29, 0.717) is 25.2 Å². The lowest BCUT2D eigenvalue weighted by Gasteiger charge is -2.39. The van der Waals surface area contributed by atoms with Gasteiger partial charge in [0.2, 0.25) is 0 Å². The van der Waals surface area contributed by atoms with Crippen LogP contribution in [0.25, 0.3) is 0 Å². The van der Waals surface area contributed by atoms with Gasteiger partial charge in [0, 0.05) is 26.4 Å². The third-order valence-electron chi connectivity index (χ3n) is 3.25. The second-order valence-corrected chi connectivity index (χ2v) is 4.99. The summed E-state index contributed by atoms with van der Waals surface area (Å²) in [5, 5.41) is 0. The Bertz CT molecular complexity index is 376. The molecule has 0 radical (unpaired) electrons. The predicted octanol–water partition coefficient (Wildman–Crippen LogP) is 2.06. The van der Waals surface area contributed by atoms with E-state index in [1.54, 1.807) is 7.11 Å². The van der Waals surface area contributed by atoms with E-state index >= 15 is 0 Å². The van der Waals surface area contributed by atoms with Gasteiger partial charge < -0.3 is 14.4 Å². The zero-order valence-corrected chi connectivity index (χ0v) is 11.4. The Morgan fingerprint density at radius 1 is 1.39 bits per heavy atom. The van der Waals surface area contributed by atoms with Crippen molar-refractivity contribution in [3.05, 3.63) is 23.9 Å². The maximum atomic E-state index is 5.65. The number of methoxy groups -OCH3 is 1. The number of hydrogen-bond donors (Lipinski definition) is 0. The van der Waals surface area contributed by atoms with Crippen molar-refractivity contribution in [1.29, 1.82) is 0 Å². The van der Waals surface area contributed by atoms with Crippen LogP contribution < -0.4 is 4.90 Å². The van der Waals surface area contributed by atoms with Crippen LogP contribution in [0.2, 0.25) is 0 Å². The molecule has 1 saturated heterocycles. The Hall–Kier alpha value is -1.13. The standard InChI is InChI=1S/C14H22N2O2/c1-11(2)12-4-5-15-14(8-12)16-9-13(10-16)18-7-6-17-3/h4-5,8,11,13H,6-7,9-10H2,1-3H3. The number of nitrogens with zero attached hydrogens (tertiary/aromatic N) is 2. The number of pyridine rings is 1. The first kappa shape index (κ1) is 13.3. The molecular weight excluding hydrogens is 228 g/mol. The van der Waals surface area contributed by atoms with Crippen LogP contribution in [-0.4, -0.2) is 44.5 Å². The van der Waals surface area contributed by atoms with E-state index in [4.69, 9.17) is 9.47 Å². The van der Waals surface area contributed by atoms with Gasteiger partial charge in [-0.15, -0.1) is 0 Å². The molecular formula is C14H22N2O2. The average Bonchev–Trinajstić information content (AvgIpc) is 2.32. The minimum absolute atomic E-state index is 0.324. The lowest BCUT2D eigenvalue weighted by atomic mass is 10.0. The molecule has 0 aliphatic carbocycles. The minimum atomic E-state index is 0.324. The van der Waals surface area contributed by atoms with Crippen molar-refractivity contribution in [2.75, 3.05) is 38.3 Å². The van der Waals surface area contributed by atoms with E-state index in [-0.39, 0.29) is 0 Å². The van der Waals surface area contributed by atoms with E-state index in [0.717, 1.165) is 18.9 Å². The molecule has 1 aromatic heterocycles. The summed E-state index contributed by atoms with van der Waals surface area (Å²) >= 11 is 0. The monoisotopic (exact) mass is 250 g/mol. The number of anilines is 1. The molecule has 1 aliphatic rings. The van der Waals surface area contributed by atoms with E-state index in [1.165, 1.54) is 5.56 Å². The molecule has 0 saturated carbocycles. The van der Waals surface area contributed by atoms with Gasteiger partial charge >= 0.3 is 0 Å². The fraction of sp³-hybridized carbons (Fsp3) is 0.643. The van der Waals surface area contributed by atoms with Crippen LogP contribution in [-0.2, 0) is 9.47 Å². The molecule has 0 unspecified atom stereocenters. The summed E-state index contributed by atoms with van der Waals surface area (Å²) in [5.74, 6) is 1.61. The summed E-state index contributed by atoms with van der Waals surface area (Å²) in [7, 11) is 1.69. The summed E-state index contributed by atoms with van der Waals surface area (Å²) < 4.78 is 10.6. The van der Waals surface area contributed by atoms with E-state index < -0.39 is 0 Å². The molecule has 100 valence electrons. The van der Waals surface area contributed by atoms with Crippen molar-refractivity contribution in [2.24, 2.45) is 0 Å². The summed E-state index contributed by atoms with van der Waals surface area (Å²) in [6, 6.07) is 4.26. The van der Waals surface area contributed by atoms with Crippen LogP contribution in [0.3, 0.4) is 0 Å². The van der Waals surface area contributed by atoms with Gasteiger partial charge in [0.25, 0.3) is 0 Å². The van der Waals surface area contributed by atoms with Gasteiger partial charge in [-0.2, -0.15) is 0 Å². The molecule has 0 aromatic carbocycles. The second-order valence-electron chi connectivity index (χ2n) is 4.99. The van der Waals surface area contributed by atoms with Crippen molar-refractivity contribution in [3.8, 4) is 0 Å². The fourth-order valence-corrected chi connectivity index (χ4v) is 1.99. The average molecular weight is 250 g/mol. The smallest absolute Gasteiger partial charge is 0.128 e. The van der Waals surface area contributed by atoms with E-state index in [1.807, 2.05) is 6.20 Å². The molecule has 0 spiro atoms. The van der Waals surface area contributed by atoms with Crippen LogP contribution in [0.4, 0.5) is 5.82 Å². The van der Waals surface area contributed by atoms with Crippen LogP contribution in [0.1, 0.15) is 25.3 Å². The largest absolute Gasteiger partial charge is 0.382 e. The maximum absolute atomic E-state index is 5.65. The normalized spacial score (nSPS) is 16.1. The Morgan fingerprint density at radius 2 is 2.17 bits per heavy atom. The van der Waals surface area contributed by atoms with Gasteiger partial charge in [-0.1, -0.05) is 13.8 Å². The molecule has 0 N–H and O–H groups in total. The van der Waals surface area contributed by atoms with Crippen molar-refractivity contribution in [1.82, 2.24) is 4.98 Å². The zero-order chi connectivity index (χ0) is 13.0. The molecule has 1 aliphatic heterocycles. The van der Waals surface area contributed by atoms with Crippen LogP contribution in [0, 0.1) is 0 Å². The van der Waals surface area contributed by atoms with Gasteiger partial charge in [0.15, 0.2) is 0 Å². The molecule has 2 rings (SSSR count). The summed E-state index contributed by atoms with van der Waals surface area (Å²) in [6.07, 6.45) is 2.22. The Kier molecular flexibility index (Phi) is 4.55. The zero-order valence-electron chi connectivity index (χ0n) is 11.4. The lowest BCUT2D eigenvalue weighted by molar-refractivity contribution is 0.00375. The fourth-order valence-electron chi connectivity index (χ4n) is 1.99. The summed E-state index contributed by atoms with van der Waals surface area (Å²) in [6.45, 7) is 7.60. The van der Waals surface area contributed by atoms with Gasteiger partial charge in [0.1, 0.15) is 5.82 Å². The van der Waals surface area contributed by atoms with Crippen LogP contribution in [0.5, 0.6) is 0 Å². The van der Waals surface area contributed by atoms with E-state index in [9.17, 15) is 0 Å². The van der Waals surface area contributed by atoms with Crippen LogP contribution in [0.15, 0.2) is 18.3 Å². The van der Waals surface area contributed by atoms with Gasteiger partial charge in [-0.05, 0) is 23.6 Å². The molecule has 0 bridgehead atoms. The van der Waals surface area contributed by atoms with Gasteiger partial charge in [0.05, 0.1) is 19.3 Å². The highest BCUT2D eigenvalue weighted by molar-refractivity contribution is 5.44. The van der Waals surface area contributed by atoms with Gasteiger partial charge in [-0.3, -0.25) is 0 Å². The Morgan fingerprint density at radius 3 is 2.83 bits per heavy atom. The minimum Gasteiger partial charge on any atom is -0.382 e. The summed E-state index contributed by atoms with van der Waals surface area (Å²) in [4.78, 5) is 6.67. The van der Waals surface area contributed by atoms with Crippen molar-refractivity contribution in [2.45, 2.75) is 25.9 Å². The highest BCUT2D eigenvalue weighted by Gasteiger charge is 2.28. The molecule has 2 heterocycles. The molecule has 1 aromatic rings. The first-order valence-electron chi connectivity index (χ1n) is 6.52. The maximum Gasteiger partial charge on any atom is 0.128 e. The quantitative estimate of drug-likeness (QED) is 0.724. The molecule has 18 heavy (non-hydrogen) atoms. The topological polar surface area (TPSA) is 34.6 Å². The number of hydrogen-bond acceptors (Lipinski definition) is 4. The van der Waals surface area contributed by atoms with Gasteiger partial charge in [-0.25, -0.2) is 4.98 Å². The Balaban J connectivity index is 1.82. The van der Waals surface area contributed by atoms with Crippen molar-refractivity contribution in [3.63, 3.8) is 0 Å². The van der Waals surface area contributed by atoms with Crippen molar-refractivity contribution >= 4 is 5.82 Å². The Labute approximate surface area is 109 Å². The third-order valence-corrected chi connectivity index (χ3v) is 3.25. The van der Waals surface area contributed by atoms with Crippen LogP contribution >= 0.6 is 0 Å².